The van der Waals surface area contributed by atoms with Crippen LogP contribution in [0.3, 0.4) is 0 Å². The molecule has 0 fully saturated rings. The van der Waals surface area contributed by atoms with Crippen LogP contribution in [0.2, 0.25) is 0 Å². The molecule has 2 aromatic rings. The molecule has 1 amide bonds. The van der Waals surface area contributed by atoms with E-state index in [1.165, 1.54) is 0 Å². The van der Waals surface area contributed by atoms with Crippen LogP contribution in [0.15, 0.2) is 42.7 Å². The maximum absolute atomic E-state index is 11.5. The van der Waals surface area contributed by atoms with Gasteiger partial charge in [-0.25, -0.2) is 4.68 Å². The van der Waals surface area contributed by atoms with Crippen LogP contribution in [0, 0.1) is 0 Å². The van der Waals surface area contributed by atoms with E-state index in [4.69, 9.17) is 5.73 Å². The van der Waals surface area contributed by atoms with Crippen molar-refractivity contribution in [2.45, 2.75) is 19.4 Å². The standard InChI is InChI=1S/C14H18N4O/c1-11(17-14(19)6-7-15)12-4-2-5-13(10-12)18-9-3-8-16-18/h2-5,8-11H,6-7,15H2,1H3,(H,17,19). The largest absolute Gasteiger partial charge is 0.350 e. The van der Waals surface area contributed by atoms with E-state index in [9.17, 15) is 4.79 Å². The monoisotopic (exact) mass is 258 g/mol. The van der Waals surface area contributed by atoms with E-state index in [2.05, 4.69) is 10.4 Å². The van der Waals surface area contributed by atoms with Crippen LogP contribution in [-0.2, 0) is 4.79 Å². The molecule has 0 radical (unpaired) electrons. The van der Waals surface area contributed by atoms with Gasteiger partial charge in [-0.15, -0.1) is 0 Å². The van der Waals surface area contributed by atoms with Gasteiger partial charge in [0.15, 0.2) is 0 Å². The summed E-state index contributed by atoms with van der Waals surface area (Å²) in [5.74, 6) is -0.0282. The highest BCUT2D eigenvalue weighted by Gasteiger charge is 2.09. The number of nitrogens with one attached hydrogen (secondary N) is 1. The van der Waals surface area contributed by atoms with Crippen molar-refractivity contribution >= 4 is 5.91 Å². The molecular weight excluding hydrogens is 240 g/mol. The fourth-order valence-corrected chi connectivity index (χ4v) is 1.89. The molecule has 0 aliphatic carbocycles. The molecule has 1 aromatic carbocycles. The number of amides is 1. The average molecular weight is 258 g/mol. The second kappa shape index (κ2) is 6.15. The Balaban J connectivity index is 2.12. The van der Waals surface area contributed by atoms with E-state index >= 15 is 0 Å². The Morgan fingerprint density at radius 3 is 3.00 bits per heavy atom. The van der Waals surface area contributed by atoms with Crippen molar-refractivity contribution in [3.8, 4) is 5.69 Å². The van der Waals surface area contributed by atoms with Crippen LogP contribution in [0.25, 0.3) is 5.69 Å². The summed E-state index contributed by atoms with van der Waals surface area (Å²) in [7, 11) is 0. The Kier molecular flexibility index (Phi) is 4.30. The lowest BCUT2D eigenvalue weighted by Gasteiger charge is -2.15. The molecule has 0 bridgehead atoms. The van der Waals surface area contributed by atoms with E-state index in [-0.39, 0.29) is 11.9 Å². The summed E-state index contributed by atoms with van der Waals surface area (Å²) < 4.78 is 1.79. The van der Waals surface area contributed by atoms with Crippen LogP contribution in [0.4, 0.5) is 0 Å². The minimum Gasteiger partial charge on any atom is -0.350 e. The summed E-state index contributed by atoms with van der Waals surface area (Å²) in [6, 6.07) is 9.76. The number of rotatable bonds is 5. The van der Waals surface area contributed by atoms with Gasteiger partial charge in [-0.3, -0.25) is 4.79 Å². The molecule has 5 heteroatoms. The van der Waals surface area contributed by atoms with Crippen LogP contribution >= 0.6 is 0 Å². The number of nitrogens with two attached hydrogens (primary N) is 1. The minimum atomic E-state index is -0.0467. The van der Waals surface area contributed by atoms with Crippen LogP contribution in [-0.4, -0.2) is 22.2 Å². The summed E-state index contributed by atoms with van der Waals surface area (Å²) in [6.07, 6.45) is 3.97. The van der Waals surface area contributed by atoms with Gasteiger partial charge in [0.25, 0.3) is 0 Å². The zero-order chi connectivity index (χ0) is 13.7. The molecule has 0 saturated carbocycles. The first-order valence-electron chi connectivity index (χ1n) is 6.30. The van der Waals surface area contributed by atoms with E-state index in [1.807, 2.05) is 43.5 Å². The van der Waals surface area contributed by atoms with Gasteiger partial charge in [0.05, 0.1) is 11.7 Å². The number of hydrogen-bond donors (Lipinski definition) is 2. The summed E-state index contributed by atoms with van der Waals surface area (Å²) >= 11 is 0. The molecular formula is C14H18N4O. The molecule has 1 aromatic heterocycles. The van der Waals surface area contributed by atoms with Crippen molar-refractivity contribution in [1.29, 1.82) is 0 Å². The van der Waals surface area contributed by atoms with E-state index in [0.29, 0.717) is 13.0 Å². The Labute approximate surface area is 112 Å². The number of hydrogen-bond acceptors (Lipinski definition) is 3. The van der Waals surface area contributed by atoms with Crippen LogP contribution in [0.5, 0.6) is 0 Å². The fraction of sp³-hybridized carbons (Fsp3) is 0.286. The quantitative estimate of drug-likeness (QED) is 0.851. The van der Waals surface area contributed by atoms with Crippen molar-refractivity contribution in [2.75, 3.05) is 6.54 Å². The fourth-order valence-electron chi connectivity index (χ4n) is 1.89. The molecule has 1 atom stereocenters. The summed E-state index contributed by atoms with van der Waals surface area (Å²) in [5.41, 5.74) is 7.37. The molecule has 1 unspecified atom stereocenters. The molecule has 0 aliphatic heterocycles. The van der Waals surface area contributed by atoms with Crippen LogP contribution < -0.4 is 11.1 Å². The maximum Gasteiger partial charge on any atom is 0.221 e. The lowest BCUT2D eigenvalue weighted by molar-refractivity contribution is -0.121. The Morgan fingerprint density at radius 1 is 1.47 bits per heavy atom. The Hall–Kier alpha value is -2.14. The minimum absolute atomic E-state index is 0.0282. The molecule has 5 nitrogen and oxygen atoms in total. The highest BCUT2D eigenvalue weighted by atomic mass is 16.1. The van der Waals surface area contributed by atoms with Crippen molar-refractivity contribution in [1.82, 2.24) is 15.1 Å². The van der Waals surface area contributed by atoms with E-state index < -0.39 is 0 Å². The van der Waals surface area contributed by atoms with Crippen molar-refractivity contribution in [3.05, 3.63) is 48.3 Å². The van der Waals surface area contributed by atoms with Gasteiger partial charge < -0.3 is 11.1 Å². The number of carbonyl (C=O) groups excluding carboxylic acids is 1. The molecule has 0 spiro atoms. The topological polar surface area (TPSA) is 72.9 Å². The van der Waals surface area contributed by atoms with Gasteiger partial charge in [0, 0.05) is 25.4 Å². The third-order valence-corrected chi connectivity index (χ3v) is 2.89. The average Bonchev–Trinajstić information content (AvgIpc) is 2.93. The maximum atomic E-state index is 11.5. The molecule has 3 N–H and O–H groups in total. The zero-order valence-electron chi connectivity index (χ0n) is 10.9. The van der Waals surface area contributed by atoms with Gasteiger partial charge in [0.2, 0.25) is 5.91 Å². The van der Waals surface area contributed by atoms with Gasteiger partial charge in [0.1, 0.15) is 0 Å². The molecule has 1 heterocycles. The first-order chi connectivity index (χ1) is 9.20. The highest BCUT2D eigenvalue weighted by molar-refractivity contribution is 5.76. The zero-order valence-corrected chi connectivity index (χ0v) is 10.9. The van der Waals surface area contributed by atoms with E-state index in [1.54, 1.807) is 10.9 Å². The van der Waals surface area contributed by atoms with E-state index in [0.717, 1.165) is 11.3 Å². The number of aromatic nitrogens is 2. The number of nitrogens with zero attached hydrogens (tertiary/aromatic N) is 2. The van der Waals surface area contributed by atoms with Gasteiger partial charge in [-0.1, -0.05) is 12.1 Å². The molecule has 0 aliphatic rings. The third kappa shape index (κ3) is 3.42. The first-order valence-corrected chi connectivity index (χ1v) is 6.30. The number of carbonyl (C=O) groups is 1. The predicted molar refractivity (Wildman–Crippen MR) is 73.8 cm³/mol. The Bertz CT molecular complexity index is 536. The molecule has 19 heavy (non-hydrogen) atoms. The second-order valence-corrected chi connectivity index (χ2v) is 4.37. The first kappa shape index (κ1) is 13.3. The lowest BCUT2D eigenvalue weighted by atomic mass is 10.1. The van der Waals surface area contributed by atoms with Crippen molar-refractivity contribution in [3.63, 3.8) is 0 Å². The SMILES string of the molecule is CC(NC(=O)CCN)c1cccc(-n2cccn2)c1. The highest BCUT2D eigenvalue weighted by Crippen LogP contribution is 2.16. The van der Waals surface area contributed by atoms with Gasteiger partial charge in [-0.2, -0.15) is 5.10 Å². The molecule has 0 saturated heterocycles. The summed E-state index contributed by atoms with van der Waals surface area (Å²) in [5, 5.41) is 7.11. The molecule has 2 rings (SSSR count). The Morgan fingerprint density at radius 2 is 2.32 bits per heavy atom. The van der Waals surface area contributed by atoms with Gasteiger partial charge >= 0.3 is 0 Å². The summed E-state index contributed by atoms with van der Waals surface area (Å²) in [6.45, 7) is 2.32. The second-order valence-electron chi connectivity index (χ2n) is 4.37. The molecule has 100 valence electrons. The number of benzene rings is 1. The lowest BCUT2D eigenvalue weighted by Crippen LogP contribution is -2.28. The smallest absolute Gasteiger partial charge is 0.221 e. The van der Waals surface area contributed by atoms with Crippen molar-refractivity contribution in [2.24, 2.45) is 5.73 Å². The van der Waals surface area contributed by atoms with Crippen molar-refractivity contribution < 1.29 is 4.79 Å². The van der Waals surface area contributed by atoms with Gasteiger partial charge in [-0.05, 0) is 30.7 Å². The predicted octanol–water partition coefficient (Wildman–Crippen LogP) is 1.40. The normalized spacial score (nSPS) is 12.1. The summed E-state index contributed by atoms with van der Waals surface area (Å²) in [4.78, 5) is 11.5. The third-order valence-electron chi connectivity index (χ3n) is 2.89. The van der Waals surface area contributed by atoms with Crippen LogP contribution in [0.1, 0.15) is 24.9 Å².